The van der Waals surface area contributed by atoms with Crippen molar-refractivity contribution in [3.63, 3.8) is 0 Å². The van der Waals surface area contributed by atoms with Crippen LogP contribution in [0.4, 0.5) is 13.2 Å². The smallest absolute Gasteiger partial charge is 0.388 e. The summed E-state index contributed by atoms with van der Waals surface area (Å²) in [5.74, 6) is -1.45. The standard InChI is InChI=1S/C17H25F3N4O3/c18-17(19,20)12-5-4-7-16(27,9-12)11-21-14(25)10-24-15(26)23-8-3-1-2-6-13(23)22-24/h12,27H,1-11H2,(H,21,25). The zero-order valence-electron chi connectivity index (χ0n) is 15.1. The number of hydrogen-bond donors (Lipinski definition) is 2. The average Bonchev–Trinajstić information content (AvgIpc) is 2.76. The minimum absolute atomic E-state index is 0.00460. The Balaban J connectivity index is 1.58. The van der Waals surface area contributed by atoms with Crippen LogP contribution in [0, 0.1) is 5.92 Å². The lowest BCUT2D eigenvalue weighted by Gasteiger charge is -2.37. The fraction of sp³-hybridized carbons (Fsp3) is 0.824. The van der Waals surface area contributed by atoms with Crippen molar-refractivity contribution in [2.45, 2.75) is 76.2 Å². The summed E-state index contributed by atoms with van der Waals surface area (Å²) in [5, 5.41) is 17.1. The van der Waals surface area contributed by atoms with Crippen LogP contribution in [0.3, 0.4) is 0 Å². The monoisotopic (exact) mass is 390 g/mol. The van der Waals surface area contributed by atoms with Gasteiger partial charge in [-0.2, -0.15) is 18.3 Å². The third-order valence-electron chi connectivity index (χ3n) is 5.47. The fourth-order valence-electron chi connectivity index (χ4n) is 3.96. The second kappa shape index (κ2) is 7.65. The summed E-state index contributed by atoms with van der Waals surface area (Å²) in [5.41, 5.74) is -1.93. The lowest BCUT2D eigenvalue weighted by molar-refractivity contribution is -0.199. The minimum atomic E-state index is -4.35. The van der Waals surface area contributed by atoms with E-state index in [4.69, 9.17) is 0 Å². The molecule has 1 aromatic heterocycles. The van der Waals surface area contributed by atoms with Crippen molar-refractivity contribution in [3.05, 3.63) is 16.3 Å². The van der Waals surface area contributed by atoms with E-state index in [0.29, 0.717) is 18.8 Å². The van der Waals surface area contributed by atoms with Gasteiger partial charge in [0.15, 0.2) is 0 Å². The Morgan fingerprint density at radius 2 is 2.07 bits per heavy atom. The van der Waals surface area contributed by atoms with E-state index in [9.17, 15) is 27.9 Å². The van der Waals surface area contributed by atoms with Crippen molar-refractivity contribution in [1.29, 1.82) is 0 Å². The van der Waals surface area contributed by atoms with Crippen LogP contribution in [-0.4, -0.2) is 43.7 Å². The van der Waals surface area contributed by atoms with Gasteiger partial charge in [0.2, 0.25) is 5.91 Å². The van der Waals surface area contributed by atoms with E-state index in [-0.39, 0.29) is 38.0 Å². The molecule has 0 aromatic carbocycles. The molecule has 2 aliphatic rings. The third kappa shape index (κ3) is 4.72. The topological polar surface area (TPSA) is 89.2 Å². The lowest BCUT2D eigenvalue weighted by Crippen LogP contribution is -2.49. The number of alkyl halides is 3. The first kappa shape index (κ1) is 19.9. The second-order valence-electron chi connectivity index (χ2n) is 7.65. The number of halogens is 3. The predicted molar refractivity (Wildman–Crippen MR) is 90.0 cm³/mol. The van der Waals surface area contributed by atoms with Gasteiger partial charge in [-0.25, -0.2) is 9.48 Å². The maximum Gasteiger partial charge on any atom is 0.391 e. The molecule has 1 fully saturated rings. The van der Waals surface area contributed by atoms with Crippen LogP contribution in [-0.2, 0) is 24.3 Å². The molecule has 10 heteroatoms. The Morgan fingerprint density at radius 3 is 2.81 bits per heavy atom. The van der Waals surface area contributed by atoms with Gasteiger partial charge in [-0.05, 0) is 38.5 Å². The van der Waals surface area contributed by atoms with Crippen molar-refractivity contribution < 1.29 is 23.1 Å². The van der Waals surface area contributed by atoms with Gasteiger partial charge in [0, 0.05) is 19.5 Å². The maximum absolute atomic E-state index is 12.9. The molecule has 1 aliphatic heterocycles. The molecule has 0 spiro atoms. The van der Waals surface area contributed by atoms with Crippen LogP contribution in [0.15, 0.2) is 4.79 Å². The molecule has 27 heavy (non-hydrogen) atoms. The molecule has 1 saturated carbocycles. The maximum atomic E-state index is 12.9. The molecule has 3 rings (SSSR count). The zero-order valence-corrected chi connectivity index (χ0v) is 15.1. The summed E-state index contributed by atoms with van der Waals surface area (Å²) >= 11 is 0. The van der Waals surface area contributed by atoms with Crippen molar-refractivity contribution >= 4 is 5.91 Å². The Hall–Kier alpha value is -1.84. The predicted octanol–water partition coefficient (Wildman–Crippen LogP) is 1.37. The molecule has 0 radical (unpaired) electrons. The third-order valence-corrected chi connectivity index (χ3v) is 5.47. The van der Waals surface area contributed by atoms with Gasteiger partial charge >= 0.3 is 11.9 Å². The normalized spacial score (nSPS) is 26.3. The molecule has 7 nitrogen and oxygen atoms in total. The number of aryl methyl sites for hydroxylation is 1. The van der Waals surface area contributed by atoms with Crippen LogP contribution in [0.25, 0.3) is 0 Å². The zero-order chi connectivity index (χ0) is 19.7. The number of amides is 1. The van der Waals surface area contributed by atoms with Crippen LogP contribution in [0.1, 0.15) is 50.8 Å². The SMILES string of the molecule is O=C(Cn1nc2n(c1=O)CCCCC2)NCC1(O)CCCC(C(F)(F)F)C1. The second-order valence-corrected chi connectivity index (χ2v) is 7.65. The summed E-state index contributed by atoms with van der Waals surface area (Å²) in [6.45, 7) is 0.00666. The molecule has 2 N–H and O–H groups in total. The van der Waals surface area contributed by atoms with Crippen molar-refractivity contribution in [2.75, 3.05) is 6.54 Å². The molecule has 1 aliphatic carbocycles. The molecule has 0 saturated heterocycles. The molecule has 1 aromatic rings. The number of carbonyl (C=O) groups is 1. The van der Waals surface area contributed by atoms with Crippen LogP contribution in [0.2, 0.25) is 0 Å². The summed E-state index contributed by atoms with van der Waals surface area (Å²) in [7, 11) is 0. The van der Waals surface area contributed by atoms with E-state index < -0.39 is 30.0 Å². The highest BCUT2D eigenvalue weighted by molar-refractivity contribution is 5.75. The van der Waals surface area contributed by atoms with E-state index >= 15 is 0 Å². The Kier molecular flexibility index (Phi) is 5.64. The van der Waals surface area contributed by atoms with E-state index in [1.165, 1.54) is 0 Å². The van der Waals surface area contributed by atoms with Crippen LogP contribution < -0.4 is 11.0 Å². The van der Waals surface area contributed by atoms with Crippen molar-refractivity contribution in [1.82, 2.24) is 19.7 Å². The first-order valence-corrected chi connectivity index (χ1v) is 9.40. The van der Waals surface area contributed by atoms with Gasteiger partial charge < -0.3 is 10.4 Å². The number of fused-ring (bicyclic) bond motifs is 1. The number of aliphatic hydroxyl groups is 1. The first-order chi connectivity index (χ1) is 12.7. The summed E-state index contributed by atoms with van der Waals surface area (Å²) in [6, 6.07) is 0. The van der Waals surface area contributed by atoms with Gasteiger partial charge in [0.25, 0.3) is 0 Å². The number of nitrogens with one attached hydrogen (secondary N) is 1. The molecule has 2 atom stereocenters. The van der Waals surface area contributed by atoms with E-state index in [2.05, 4.69) is 10.4 Å². The van der Waals surface area contributed by atoms with Crippen molar-refractivity contribution in [3.8, 4) is 0 Å². The molecule has 152 valence electrons. The Labute approximate surface area is 154 Å². The van der Waals surface area contributed by atoms with Gasteiger partial charge in [-0.15, -0.1) is 0 Å². The lowest BCUT2D eigenvalue weighted by atomic mass is 9.77. The number of carbonyl (C=O) groups excluding carboxylic acids is 1. The van der Waals surface area contributed by atoms with E-state index in [0.717, 1.165) is 23.9 Å². The van der Waals surface area contributed by atoms with Crippen molar-refractivity contribution in [2.24, 2.45) is 5.92 Å². The van der Waals surface area contributed by atoms with Gasteiger partial charge in [-0.1, -0.05) is 6.42 Å². The van der Waals surface area contributed by atoms with Gasteiger partial charge in [0.1, 0.15) is 12.4 Å². The number of hydrogen-bond acceptors (Lipinski definition) is 4. The molecule has 2 heterocycles. The van der Waals surface area contributed by atoms with Crippen LogP contribution in [0.5, 0.6) is 0 Å². The number of rotatable bonds is 4. The molecule has 0 bridgehead atoms. The summed E-state index contributed by atoms with van der Waals surface area (Å²) in [4.78, 5) is 24.5. The highest BCUT2D eigenvalue weighted by Crippen LogP contribution is 2.41. The van der Waals surface area contributed by atoms with Gasteiger partial charge in [0.05, 0.1) is 11.5 Å². The number of nitrogens with zero attached hydrogens (tertiary/aromatic N) is 3. The highest BCUT2D eigenvalue weighted by atomic mass is 19.4. The first-order valence-electron chi connectivity index (χ1n) is 9.40. The largest absolute Gasteiger partial charge is 0.391 e. The minimum Gasteiger partial charge on any atom is -0.388 e. The average molecular weight is 390 g/mol. The molecular formula is C17H25F3N4O3. The highest BCUT2D eigenvalue weighted by Gasteiger charge is 2.47. The Morgan fingerprint density at radius 1 is 1.30 bits per heavy atom. The summed E-state index contributed by atoms with van der Waals surface area (Å²) < 4.78 is 41.4. The molecular weight excluding hydrogens is 365 g/mol. The fourth-order valence-corrected chi connectivity index (χ4v) is 3.96. The number of aromatic nitrogens is 3. The summed E-state index contributed by atoms with van der Waals surface area (Å²) in [6.07, 6.45) is -0.773. The van der Waals surface area contributed by atoms with Gasteiger partial charge in [-0.3, -0.25) is 9.36 Å². The van der Waals surface area contributed by atoms with E-state index in [1.54, 1.807) is 4.57 Å². The van der Waals surface area contributed by atoms with E-state index in [1.807, 2.05) is 0 Å². The molecule has 2 unspecified atom stereocenters. The van der Waals surface area contributed by atoms with Crippen LogP contribution >= 0.6 is 0 Å². The molecule has 1 amide bonds. The Bertz CT molecular complexity index is 743. The quantitative estimate of drug-likeness (QED) is 0.813.